The zero-order valence-electron chi connectivity index (χ0n) is 10.2. The molecule has 1 N–H and O–H groups in total. The number of nitrogens with zero attached hydrogens (tertiary/aromatic N) is 3. The lowest BCUT2D eigenvalue weighted by molar-refractivity contribution is -0.0254. The predicted molar refractivity (Wildman–Crippen MR) is 61.8 cm³/mol. The van der Waals surface area contributed by atoms with Gasteiger partial charge in [-0.2, -0.15) is 0 Å². The summed E-state index contributed by atoms with van der Waals surface area (Å²) in [5, 5.41) is 18.7. The second kappa shape index (κ2) is 4.53. The van der Waals surface area contributed by atoms with Crippen LogP contribution in [0.5, 0.6) is 0 Å². The molecule has 4 nitrogen and oxygen atoms in total. The van der Waals surface area contributed by atoms with Gasteiger partial charge in [0.15, 0.2) is 0 Å². The van der Waals surface area contributed by atoms with E-state index in [-0.39, 0.29) is 0 Å². The highest BCUT2D eigenvalue weighted by Crippen LogP contribution is 2.39. The first kappa shape index (κ1) is 11.6. The third-order valence-electron chi connectivity index (χ3n) is 3.50. The second-order valence-electron chi connectivity index (χ2n) is 5.08. The van der Waals surface area contributed by atoms with Crippen LogP contribution in [0.2, 0.25) is 0 Å². The van der Waals surface area contributed by atoms with Crippen molar-refractivity contribution in [2.75, 3.05) is 0 Å². The number of rotatable bonds is 3. The Hall–Kier alpha value is -0.900. The maximum atomic E-state index is 10.7. The third-order valence-corrected chi connectivity index (χ3v) is 3.50. The van der Waals surface area contributed by atoms with Gasteiger partial charge in [-0.3, -0.25) is 0 Å². The minimum Gasteiger partial charge on any atom is -0.383 e. The lowest BCUT2D eigenvalue weighted by Gasteiger charge is -2.35. The van der Waals surface area contributed by atoms with Crippen molar-refractivity contribution in [3.05, 3.63) is 11.9 Å². The van der Waals surface area contributed by atoms with Gasteiger partial charge < -0.3 is 5.11 Å². The molecule has 16 heavy (non-hydrogen) atoms. The highest BCUT2D eigenvalue weighted by Gasteiger charge is 2.37. The van der Waals surface area contributed by atoms with Crippen molar-refractivity contribution in [2.45, 2.75) is 58.1 Å². The zero-order chi connectivity index (χ0) is 11.6. The van der Waals surface area contributed by atoms with Crippen LogP contribution in [0, 0.1) is 5.92 Å². The van der Waals surface area contributed by atoms with Crippen molar-refractivity contribution in [2.24, 2.45) is 5.92 Å². The molecule has 90 valence electrons. The summed E-state index contributed by atoms with van der Waals surface area (Å²) in [5.74, 6) is 0.587. The molecule has 0 saturated heterocycles. The van der Waals surface area contributed by atoms with E-state index in [1.807, 2.05) is 4.68 Å². The molecule has 1 saturated carbocycles. The Labute approximate surface area is 96.7 Å². The molecular formula is C12H21N3O. The van der Waals surface area contributed by atoms with Gasteiger partial charge in [0.1, 0.15) is 5.60 Å². The minimum atomic E-state index is -0.698. The van der Waals surface area contributed by atoms with Crippen LogP contribution in [-0.2, 0) is 12.1 Å². The van der Waals surface area contributed by atoms with Gasteiger partial charge in [0.05, 0.1) is 11.9 Å². The molecule has 1 aliphatic carbocycles. The van der Waals surface area contributed by atoms with Crippen LogP contribution in [-0.4, -0.2) is 20.1 Å². The Morgan fingerprint density at radius 3 is 3.12 bits per heavy atom. The van der Waals surface area contributed by atoms with Gasteiger partial charge in [-0.15, -0.1) is 5.10 Å². The Kier molecular flexibility index (Phi) is 3.28. The number of aryl methyl sites for hydroxylation is 1. The standard InChI is InChI=1S/C12H21N3O/c1-3-7-15-11(9-13-14-15)12(16)6-4-5-10(2)8-12/h9-10,16H,3-8H2,1-2H3. The van der Waals surface area contributed by atoms with Crippen LogP contribution in [0.25, 0.3) is 0 Å². The van der Waals surface area contributed by atoms with E-state index in [2.05, 4.69) is 24.2 Å². The first-order chi connectivity index (χ1) is 7.65. The summed E-state index contributed by atoms with van der Waals surface area (Å²) in [4.78, 5) is 0. The normalized spacial score (nSPS) is 30.6. The smallest absolute Gasteiger partial charge is 0.108 e. The van der Waals surface area contributed by atoms with Crippen LogP contribution in [0.3, 0.4) is 0 Å². The second-order valence-corrected chi connectivity index (χ2v) is 5.08. The highest BCUT2D eigenvalue weighted by molar-refractivity contribution is 5.09. The highest BCUT2D eigenvalue weighted by atomic mass is 16.3. The van der Waals surface area contributed by atoms with Crippen molar-refractivity contribution in [1.29, 1.82) is 0 Å². The fourth-order valence-corrected chi connectivity index (χ4v) is 2.75. The summed E-state index contributed by atoms with van der Waals surface area (Å²) in [6.45, 7) is 5.16. The van der Waals surface area contributed by atoms with E-state index < -0.39 is 5.60 Å². The number of aliphatic hydroxyl groups is 1. The molecule has 0 aromatic carbocycles. The fourth-order valence-electron chi connectivity index (χ4n) is 2.75. The monoisotopic (exact) mass is 223 g/mol. The lowest BCUT2D eigenvalue weighted by atomic mass is 9.77. The first-order valence-electron chi connectivity index (χ1n) is 6.27. The minimum absolute atomic E-state index is 0.587. The topological polar surface area (TPSA) is 50.9 Å². The SMILES string of the molecule is CCCn1nncc1C1(O)CCCC(C)C1. The molecule has 2 unspecified atom stereocenters. The van der Waals surface area contributed by atoms with Crippen molar-refractivity contribution >= 4 is 0 Å². The molecule has 4 heteroatoms. The molecule has 2 atom stereocenters. The van der Waals surface area contributed by atoms with Gasteiger partial charge >= 0.3 is 0 Å². The largest absolute Gasteiger partial charge is 0.383 e. The zero-order valence-corrected chi connectivity index (χ0v) is 10.2. The summed E-state index contributed by atoms with van der Waals surface area (Å²) >= 11 is 0. The van der Waals surface area contributed by atoms with Crippen LogP contribution >= 0.6 is 0 Å². The van der Waals surface area contributed by atoms with Crippen molar-refractivity contribution in [1.82, 2.24) is 15.0 Å². The first-order valence-corrected chi connectivity index (χ1v) is 6.27. The Bertz CT molecular complexity index is 350. The van der Waals surface area contributed by atoms with Crippen LogP contribution in [0.15, 0.2) is 6.20 Å². The van der Waals surface area contributed by atoms with E-state index in [0.29, 0.717) is 5.92 Å². The van der Waals surface area contributed by atoms with Crippen LogP contribution < -0.4 is 0 Å². The van der Waals surface area contributed by atoms with Gasteiger partial charge in [0.25, 0.3) is 0 Å². The molecule has 0 aliphatic heterocycles. The third kappa shape index (κ3) is 2.12. The molecule has 1 fully saturated rings. The summed E-state index contributed by atoms with van der Waals surface area (Å²) in [5.41, 5.74) is 0.206. The summed E-state index contributed by atoms with van der Waals surface area (Å²) in [7, 11) is 0. The van der Waals surface area contributed by atoms with Crippen molar-refractivity contribution < 1.29 is 5.11 Å². The average molecular weight is 223 g/mol. The number of hydrogen-bond donors (Lipinski definition) is 1. The van der Waals surface area contributed by atoms with Crippen molar-refractivity contribution in [3.63, 3.8) is 0 Å². The van der Waals surface area contributed by atoms with E-state index in [4.69, 9.17) is 0 Å². The molecule has 2 rings (SSSR count). The van der Waals surface area contributed by atoms with Gasteiger partial charge in [0, 0.05) is 6.54 Å². The molecule has 1 aromatic rings. The van der Waals surface area contributed by atoms with E-state index in [9.17, 15) is 5.11 Å². The molecular weight excluding hydrogens is 202 g/mol. The Balaban J connectivity index is 2.23. The molecule has 0 radical (unpaired) electrons. The number of hydrogen-bond acceptors (Lipinski definition) is 3. The summed E-state index contributed by atoms with van der Waals surface area (Å²) < 4.78 is 1.86. The lowest BCUT2D eigenvalue weighted by Crippen LogP contribution is -2.34. The summed E-state index contributed by atoms with van der Waals surface area (Å²) in [6, 6.07) is 0. The van der Waals surface area contributed by atoms with Gasteiger partial charge in [-0.1, -0.05) is 25.5 Å². The van der Waals surface area contributed by atoms with Gasteiger partial charge in [-0.25, -0.2) is 4.68 Å². The van der Waals surface area contributed by atoms with Crippen LogP contribution in [0.4, 0.5) is 0 Å². The van der Waals surface area contributed by atoms with Crippen LogP contribution in [0.1, 0.15) is 51.6 Å². The average Bonchev–Trinajstić information content (AvgIpc) is 2.67. The van der Waals surface area contributed by atoms with Crippen molar-refractivity contribution in [3.8, 4) is 0 Å². The molecule has 0 amide bonds. The van der Waals surface area contributed by atoms with E-state index >= 15 is 0 Å². The molecule has 1 aliphatic rings. The number of aromatic nitrogens is 3. The molecule has 1 heterocycles. The molecule has 0 spiro atoms. The van der Waals surface area contributed by atoms with E-state index in [1.165, 1.54) is 6.42 Å². The quantitative estimate of drug-likeness (QED) is 0.853. The Morgan fingerprint density at radius 1 is 1.62 bits per heavy atom. The predicted octanol–water partition coefficient (Wildman–Crippen LogP) is 2.09. The maximum Gasteiger partial charge on any atom is 0.108 e. The molecule has 1 aromatic heterocycles. The van der Waals surface area contributed by atoms with E-state index in [0.717, 1.165) is 37.9 Å². The van der Waals surface area contributed by atoms with E-state index in [1.54, 1.807) is 6.20 Å². The van der Waals surface area contributed by atoms with Gasteiger partial charge in [0.2, 0.25) is 0 Å². The molecule has 0 bridgehead atoms. The van der Waals surface area contributed by atoms with Gasteiger partial charge in [-0.05, 0) is 31.6 Å². The summed E-state index contributed by atoms with van der Waals surface area (Å²) in [6.07, 6.45) is 6.74. The Morgan fingerprint density at radius 2 is 2.44 bits per heavy atom. The fraction of sp³-hybridized carbons (Fsp3) is 0.833. The maximum absolute atomic E-state index is 10.7.